The Labute approximate surface area is 430 Å². The van der Waals surface area contributed by atoms with Gasteiger partial charge >= 0.3 is 35.8 Å². The minimum Gasteiger partial charge on any atom is -0.504 e. The van der Waals surface area contributed by atoms with Gasteiger partial charge in [-0.3, -0.25) is 0 Å². The van der Waals surface area contributed by atoms with Crippen molar-refractivity contribution in [3.8, 4) is 103 Å². The molecular formula is C48H36O30. The molecule has 0 aromatic heterocycles. The maximum absolute atomic E-state index is 14.5. The van der Waals surface area contributed by atoms with E-state index in [-0.39, 0.29) is 0 Å². The van der Waals surface area contributed by atoms with Gasteiger partial charge < -0.3 is 120 Å². The Balaban J connectivity index is 1.39. The number of phenolic OH excluding ortho intramolecular Hbond substituents is 17. The van der Waals surface area contributed by atoms with E-state index in [2.05, 4.69) is 0 Å². The van der Waals surface area contributed by atoms with Crippen LogP contribution in [0.3, 0.4) is 0 Å². The highest BCUT2D eigenvalue weighted by Crippen LogP contribution is 2.43. The first kappa shape index (κ1) is 54.5. The number of hydrogen-bond acceptors (Lipinski definition) is 30. The standard InChI is InChI=1S/C48H36O30/c49-20-1-14(2-21(50)33(20)60)42(66)72-13-32-39(75-44(68)16-5-24(53)35(62)25(54)6-16)40(76-46(70)19-11-30(59)38(65)31(12-19)73-43(67)15-3-22(51)34(61)23(52)4-15)41(77-45(69)17-7-26(55)36(63)27(56)8-17)48(74-32)78-47(71)18-9-28(57)37(64)29(58)10-18/h1-12,32,39-41,48-65H,13H2/t32-,39-,40+,41-,48+/m1/s1. The molecule has 1 saturated heterocycles. The second kappa shape index (κ2) is 21.3. The van der Waals surface area contributed by atoms with Gasteiger partial charge in [-0.15, -0.1) is 0 Å². The van der Waals surface area contributed by atoms with Gasteiger partial charge in [0.15, 0.2) is 110 Å². The van der Waals surface area contributed by atoms with E-state index in [1.807, 2.05) is 0 Å². The van der Waals surface area contributed by atoms with Gasteiger partial charge in [-0.05, 0) is 72.8 Å². The molecule has 0 radical (unpaired) electrons. The molecule has 1 heterocycles. The molecule has 6 aromatic rings. The van der Waals surface area contributed by atoms with Crippen LogP contribution in [0.2, 0.25) is 0 Å². The summed E-state index contributed by atoms with van der Waals surface area (Å²) in [5.41, 5.74) is -4.97. The lowest BCUT2D eigenvalue weighted by Crippen LogP contribution is -2.63. The van der Waals surface area contributed by atoms with E-state index < -0.39 is 210 Å². The normalized spacial score (nSPS) is 16.7. The van der Waals surface area contributed by atoms with Gasteiger partial charge in [0.05, 0.1) is 33.4 Å². The highest BCUT2D eigenvalue weighted by atomic mass is 16.7. The lowest BCUT2D eigenvalue weighted by atomic mass is 9.97. The summed E-state index contributed by atoms with van der Waals surface area (Å²) in [7, 11) is 0. The fourth-order valence-electron chi connectivity index (χ4n) is 7.06. The third kappa shape index (κ3) is 11.1. The molecule has 7 rings (SSSR count). The van der Waals surface area contributed by atoms with Crippen molar-refractivity contribution in [1.29, 1.82) is 0 Å². The van der Waals surface area contributed by atoms with Crippen LogP contribution in [-0.2, 0) is 28.4 Å². The van der Waals surface area contributed by atoms with Gasteiger partial charge in [0.2, 0.25) is 18.1 Å². The summed E-state index contributed by atoms with van der Waals surface area (Å²) >= 11 is 0. The predicted molar refractivity (Wildman–Crippen MR) is 244 cm³/mol. The van der Waals surface area contributed by atoms with Crippen molar-refractivity contribution in [2.45, 2.75) is 30.7 Å². The minimum absolute atomic E-state index is 0.446. The van der Waals surface area contributed by atoms with Crippen molar-refractivity contribution in [3.05, 3.63) is 106 Å². The molecular weight excluding hydrogens is 1060 g/mol. The molecule has 1 fully saturated rings. The molecule has 0 saturated carbocycles. The number of hydrogen-bond donors (Lipinski definition) is 17. The summed E-state index contributed by atoms with van der Waals surface area (Å²) in [5.74, 6) is -30.4. The summed E-state index contributed by atoms with van der Waals surface area (Å²) in [5, 5.41) is 172. The Morgan fingerprint density at radius 1 is 0.321 bits per heavy atom. The molecule has 0 unspecified atom stereocenters. The SMILES string of the molecule is O=C(OC[C@H]1O[C@@H](OC(=O)c2cc(O)c(O)c(O)c2)[C@H](OC(=O)c2cc(O)c(O)c(O)c2)[C@@H](OC(=O)c2cc(O)c(O)c(OC(=O)c3cc(O)c(O)c(O)c3)c2)[C@@H]1OC(=O)c1cc(O)c(O)c(O)c1)c1cc(O)c(O)c(O)c1. The third-order valence-electron chi connectivity index (χ3n) is 10.9. The van der Waals surface area contributed by atoms with Gasteiger partial charge in [0.1, 0.15) is 12.7 Å². The van der Waals surface area contributed by atoms with Gasteiger partial charge in [0.25, 0.3) is 0 Å². The van der Waals surface area contributed by atoms with Gasteiger partial charge in [-0.2, -0.15) is 0 Å². The molecule has 17 N–H and O–H groups in total. The Morgan fingerprint density at radius 2 is 0.590 bits per heavy atom. The van der Waals surface area contributed by atoms with E-state index in [0.717, 1.165) is 0 Å². The molecule has 1 aliphatic rings. The fraction of sp³-hybridized carbons (Fsp3) is 0.125. The van der Waals surface area contributed by atoms with E-state index in [1.54, 1.807) is 0 Å². The molecule has 408 valence electrons. The Hall–Kier alpha value is -11.3. The Morgan fingerprint density at radius 3 is 0.949 bits per heavy atom. The molecule has 1 aliphatic heterocycles. The third-order valence-corrected chi connectivity index (χ3v) is 10.9. The molecule has 5 atom stereocenters. The zero-order valence-electron chi connectivity index (χ0n) is 38.4. The molecule has 0 amide bonds. The lowest BCUT2D eigenvalue weighted by molar-refractivity contribution is -0.282. The molecule has 78 heavy (non-hydrogen) atoms. The molecule has 30 heteroatoms. The van der Waals surface area contributed by atoms with Crippen LogP contribution in [0.1, 0.15) is 62.1 Å². The lowest BCUT2D eigenvalue weighted by Gasteiger charge is -2.43. The number of aromatic hydroxyl groups is 17. The van der Waals surface area contributed by atoms with Crippen molar-refractivity contribution in [2.24, 2.45) is 0 Å². The fourth-order valence-corrected chi connectivity index (χ4v) is 7.06. The van der Waals surface area contributed by atoms with Crippen molar-refractivity contribution in [1.82, 2.24) is 0 Å². The second-order valence-electron chi connectivity index (χ2n) is 16.2. The van der Waals surface area contributed by atoms with E-state index >= 15 is 0 Å². The van der Waals surface area contributed by atoms with Crippen LogP contribution in [-0.4, -0.2) is 160 Å². The average Bonchev–Trinajstić information content (AvgIpc) is 3.40. The van der Waals surface area contributed by atoms with E-state index in [9.17, 15) is 116 Å². The average molecular weight is 1090 g/mol. The zero-order valence-corrected chi connectivity index (χ0v) is 38.4. The van der Waals surface area contributed by atoms with E-state index in [4.69, 9.17) is 33.2 Å². The molecule has 0 spiro atoms. The number of carbonyl (C=O) groups excluding carboxylic acids is 6. The molecule has 6 aromatic carbocycles. The number of carbonyl (C=O) groups is 6. The minimum atomic E-state index is -2.67. The maximum atomic E-state index is 14.5. The van der Waals surface area contributed by atoms with E-state index in [1.165, 1.54) is 0 Å². The number of benzene rings is 6. The summed E-state index contributed by atoms with van der Waals surface area (Å²) in [6, 6.07) is 6.34. The first-order valence-corrected chi connectivity index (χ1v) is 21.3. The van der Waals surface area contributed by atoms with Crippen LogP contribution >= 0.6 is 0 Å². The van der Waals surface area contributed by atoms with Crippen molar-refractivity contribution < 1.29 is 149 Å². The summed E-state index contributed by atoms with van der Waals surface area (Å²) in [4.78, 5) is 83.0. The van der Waals surface area contributed by atoms with Crippen molar-refractivity contribution >= 4 is 35.8 Å². The number of phenols is 17. The largest absolute Gasteiger partial charge is 0.504 e. The number of ether oxygens (including phenoxy) is 7. The van der Waals surface area contributed by atoms with Crippen LogP contribution in [0.5, 0.6) is 103 Å². The van der Waals surface area contributed by atoms with Crippen molar-refractivity contribution in [2.75, 3.05) is 6.61 Å². The maximum Gasteiger partial charge on any atom is 0.343 e. The Kier molecular flexibility index (Phi) is 14.9. The van der Waals surface area contributed by atoms with Gasteiger partial charge in [0, 0.05) is 0 Å². The van der Waals surface area contributed by atoms with Crippen molar-refractivity contribution in [3.63, 3.8) is 0 Å². The van der Waals surface area contributed by atoms with Crippen LogP contribution in [0.15, 0.2) is 72.8 Å². The summed E-state index contributed by atoms with van der Waals surface area (Å²) < 4.78 is 38.6. The topological polar surface area (TPSA) is 511 Å². The first-order chi connectivity index (χ1) is 36.6. The van der Waals surface area contributed by atoms with Crippen LogP contribution in [0.25, 0.3) is 0 Å². The Bertz CT molecular complexity index is 3340. The summed E-state index contributed by atoms with van der Waals surface area (Å²) in [6.07, 6.45) is -12.8. The predicted octanol–water partition coefficient (Wildman–Crippen LogP) is 2.32. The van der Waals surface area contributed by atoms with E-state index in [0.29, 0.717) is 72.8 Å². The summed E-state index contributed by atoms with van der Waals surface area (Å²) in [6.45, 7) is -1.34. The number of rotatable bonds is 13. The van der Waals surface area contributed by atoms with Gasteiger partial charge in [-0.25, -0.2) is 28.8 Å². The molecule has 0 bridgehead atoms. The second-order valence-corrected chi connectivity index (χ2v) is 16.2. The zero-order chi connectivity index (χ0) is 57.3. The van der Waals surface area contributed by atoms with Gasteiger partial charge in [-0.1, -0.05) is 0 Å². The smallest absolute Gasteiger partial charge is 0.343 e. The first-order valence-electron chi connectivity index (χ1n) is 21.3. The molecule has 0 aliphatic carbocycles. The van der Waals surface area contributed by atoms with Crippen LogP contribution < -0.4 is 4.74 Å². The highest BCUT2D eigenvalue weighted by molar-refractivity contribution is 5.96. The van der Waals surface area contributed by atoms with Crippen LogP contribution in [0, 0.1) is 0 Å². The monoisotopic (exact) mass is 1090 g/mol. The molecule has 30 nitrogen and oxygen atoms in total. The van der Waals surface area contributed by atoms with Crippen LogP contribution in [0.4, 0.5) is 0 Å². The quantitative estimate of drug-likeness (QED) is 0.0341. The highest BCUT2D eigenvalue weighted by Gasteiger charge is 2.55. The number of esters is 6.